The fourth-order valence-electron chi connectivity index (χ4n) is 3.47. The first kappa shape index (κ1) is 19.5. The van der Waals surface area contributed by atoms with Crippen molar-refractivity contribution in [1.29, 1.82) is 0 Å². The van der Waals surface area contributed by atoms with Crippen LogP contribution in [0.5, 0.6) is 0 Å². The maximum absolute atomic E-state index is 12.8. The van der Waals surface area contributed by atoms with Crippen LogP contribution in [0.15, 0.2) is 80.8 Å². The van der Waals surface area contributed by atoms with Gasteiger partial charge in [0.2, 0.25) is 0 Å². The lowest BCUT2D eigenvalue weighted by Crippen LogP contribution is -2.12. The number of oxazole rings is 1. The molecule has 5 aromatic rings. The van der Waals surface area contributed by atoms with Crippen molar-refractivity contribution < 1.29 is 12.8 Å². The molecule has 0 radical (unpaired) electrons. The molecule has 9 heteroatoms. The van der Waals surface area contributed by atoms with Gasteiger partial charge in [-0.25, -0.2) is 13.2 Å². The molecule has 2 heterocycles. The molecule has 0 saturated carbocycles. The minimum Gasteiger partial charge on any atom is -0.408 e. The number of anilines is 1. The molecule has 2 aromatic heterocycles. The molecule has 0 atom stereocenters. The van der Waals surface area contributed by atoms with Crippen molar-refractivity contribution in [2.45, 2.75) is 4.90 Å². The van der Waals surface area contributed by atoms with Crippen LogP contribution in [0.2, 0.25) is 5.02 Å². The van der Waals surface area contributed by atoms with Gasteiger partial charge < -0.3 is 9.40 Å². The first-order valence-corrected chi connectivity index (χ1v) is 11.2. The van der Waals surface area contributed by atoms with Crippen LogP contribution < -0.4 is 10.5 Å². The molecule has 156 valence electrons. The van der Waals surface area contributed by atoms with Gasteiger partial charge in [-0.1, -0.05) is 23.7 Å². The number of hydrogen-bond acceptors (Lipinski definition) is 4. The van der Waals surface area contributed by atoms with Crippen molar-refractivity contribution in [3.63, 3.8) is 0 Å². The zero-order chi connectivity index (χ0) is 21.8. The number of nitrogens with one attached hydrogen (secondary N) is 2. The smallest absolute Gasteiger partial charge is 0.408 e. The van der Waals surface area contributed by atoms with Crippen molar-refractivity contribution >= 4 is 49.3 Å². The molecule has 0 amide bonds. The highest BCUT2D eigenvalue weighted by atomic mass is 35.5. The summed E-state index contributed by atoms with van der Waals surface area (Å²) >= 11 is 6.05. The predicted molar refractivity (Wildman–Crippen MR) is 121 cm³/mol. The lowest BCUT2D eigenvalue weighted by molar-refractivity contribution is 0.527. The average Bonchev–Trinajstić information content (AvgIpc) is 3.28. The van der Waals surface area contributed by atoms with E-state index in [1.165, 1.54) is 16.7 Å². The van der Waals surface area contributed by atoms with Gasteiger partial charge in [0.15, 0.2) is 5.58 Å². The quantitative estimate of drug-likeness (QED) is 0.411. The number of H-pyrrole nitrogens is 1. The van der Waals surface area contributed by atoms with Gasteiger partial charge in [-0.3, -0.25) is 9.29 Å². The molecule has 0 fully saturated rings. The van der Waals surface area contributed by atoms with Gasteiger partial charge in [0, 0.05) is 40.4 Å². The normalized spacial score (nSPS) is 11.9. The van der Waals surface area contributed by atoms with Crippen LogP contribution in [0.25, 0.3) is 33.3 Å². The molecule has 31 heavy (non-hydrogen) atoms. The molecule has 7 nitrogen and oxygen atoms in total. The lowest BCUT2D eigenvalue weighted by Gasteiger charge is -2.09. The Bertz CT molecular complexity index is 1610. The Hall–Kier alpha value is -3.49. The number of benzene rings is 3. The Kier molecular flexibility index (Phi) is 4.42. The lowest BCUT2D eigenvalue weighted by atomic mass is 10.1. The molecule has 3 aromatic carbocycles. The Labute approximate surface area is 181 Å². The summed E-state index contributed by atoms with van der Waals surface area (Å²) in [6.45, 7) is 0. The van der Waals surface area contributed by atoms with Crippen molar-refractivity contribution in [3.05, 3.63) is 82.3 Å². The number of hydrogen-bond donors (Lipinski definition) is 2. The number of aryl methyl sites for hydroxylation is 1. The minimum atomic E-state index is -3.85. The van der Waals surface area contributed by atoms with Gasteiger partial charge in [-0.05, 0) is 54.1 Å². The fourth-order valence-corrected chi connectivity index (χ4v) is 4.73. The number of halogens is 1. The number of rotatable bonds is 4. The number of nitrogens with zero attached hydrogens (tertiary/aromatic N) is 1. The topological polar surface area (TPSA) is 97.1 Å². The Balaban J connectivity index is 1.42. The second-order valence-corrected chi connectivity index (χ2v) is 9.27. The summed E-state index contributed by atoms with van der Waals surface area (Å²) in [5.74, 6) is -0.549. The minimum absolute atomic E-state index is 0.00548. The van der Waals surface area contributed by atoms with Gasteiger partial charge in [0.1, 0.15) is 0 Å². The maximum Gasteiger partial charge on any atom is 0.419 e. The van der Waals surface area contributed by atoms with Gasteiger partial charge in [0.25, 0.3) is 10.0 Å². The highest BCUT2D eigenvalue weighted by molar-refractivity contribution is 7.92. The van der Waals surface area contributed by atoms with E-state index in [1.807, 2.05) is 36.4 Å². The molecule has 0 aliphatic heterocycles. The third kappa shape index (κ3) is 3.49. The first-order valence-electron chi connectivity index (χ1n) is 9.31. The van der Waals surface area contributed by atoms with E-state index in [0.717, 1.165) is 22.2 Å². The molecular weight excluding hydrogens is 438 g/mol. The largest absolute Gasteiger partial charge is 0.419 e. The van der Waals surface area contributed by atoms with Gasteiger partial charge >= 0.3 is 5.76 Å². The summed E-state index contributed by atoms with van der Waals surface area (Å²) < 4.78 is 34.5. The van der Waals surface area contributed by atoms with E-state index in [2.05, 4.69) is 9.71 Å². The fraction of sp³-hybridized carbons (Fsp3) is 0.0455. The number of aromatic nitrogens is 2. The van der Waals surface area contributed by atoms with E-state index in [9.17, 15) is 13.2 Å². The summed E-state index contributed by atoms with van der Waals surface area (Å²) in [4.78, 5) is 15.0. The monoisotopic (exact) mass is 453 g/mol. The summed E-state index contributed by atoms with van der Waals surface area (Å²) in [6.07, 6.45) is 0. The van der Waals surface area contributed by atoms with Crippen LogP contribution in [0.4, 0.5) is 5.69 Å². The van der Waals surface area contributed by atoms with Crippen molar-refractivity contribution in [2.75, 3.05) is 4.72 Å². The van der Waals surface area contributed by atoms with Gasteiger partial charge in [-0.2, -0.15) is 0 Å². The molecule has 0 aliphatic carbocycles. The van der Waals surface area contributed by atoms with Crippen molar-refractivity contribution in [2.24, 2.45) is 7.05 Å². The van der Waals surface area contributed by atoms with Crippen LogP contribution in [-0.2, 0) is 17.1 Å². The van der Waals surface area contributed by atoms with Crippen LogP contribution >= 0.6 is 11.6 Å². The summed E-state index contributed by atoms with van der Waals surface area (Å²) in [6, 6.07) is 18.9. The number of aromatic amines is 1. The van der Waals surface area contributed by atoms with E-state index in [1.54, 1.807) is 25.2 Å². The Morgan fingerprint density at radius 1 is 1.00 bits per heavy atom. The standard InChI is InChI=1S/C22H16ClN3O4S/c1-26-20-9-7-17(12-21(20)30-22(26)27)31(28,29)25-16-5-2-13(3-6-16)19-11-14-10-15(23)4-8-18(14)24-19/h2-12,24-25H,1H3. The Morgan fingerprint density at radius 3 is 2.55 bits per heavy atom. The first-order chi connectivity index (χ1) is 14.8. The number of fused-ring (bicyclic) bond motifs is 2. The second kappa shape index (κ2) is 7.04. The van der Waals surface area contributed by atoms with E-state index in [0.29, 0.717) is 16.2 Å². The number of sulfonamides is 1. The SMILES string of the molecule is Cn1c(=O)oc2cc(S(=O)(=O)Nc3ccc(-c4cc5cc(Cl)ccc5[nH]4)cc3)ccc21. The molecule has 0 saturated heterocycles. The highest BCUT2D eigenvalue weighted by Crippen LogP contribution is 2.28. The summed E-state index contributed by atoms with van der Waals surface area (Å²) in [5.41, 5.74) is 3.92. The third-order valence-electron chi connectivity index (χ3n) is 5.10. The Morgan fingerprint density at radius 2 is 1.77 bits per heavy atom. The maximum atomic E-state index is 12.8. The van der Waals surface area contributed by atoms with Crippen molar-refractivity contribution in [1.82, 2.24) is 9.55 Å². The van der Waals surface area contributed by atoms with E-state index in [-0.39, 0.29) is 10.5 Å². The average molecular weight is 454 g/mol. The second-order valence-electron chi connectivity index (χ2n) is 7.15. The molecule has 0 unspecified atom stereocenters. The zero-order valence-electron chi connectivity index (χ0n) is 16.2. The van der Waals surface area contributed by atoms with Crippen molar-refractivity contribution in [3.8, 4) is 11.3 Å². The predicted octanol–water partition coefficient (Wildman–Crippen LogP) is 4.73. The molecular formula is C22H16ClN3O4S. The molecule has 2 N–H and O–H groups in total. The van der Waals surface area contributed by atoms with Crippen LogP contribution in [0.1, 0.15) is 0 Å². The van der Waals surface area contributed by atoms with E-state index >= 15 is 0 Å². The van der Waals surface area contributed by atoms with Crippen LogP contribution in [-0.4, -0.2) is 18.0 Å². The van der Waals surface area contributed by atoms with Gasteiger partial charge in [-0.15, -0.1) is 0 Å². The summed E-state index contributed by atoms with van der Waals surface area (Å²) in [7, 11) is -2.30. The molecule has 0 aliphatic rings. The van der Waals surface area contributed by atoms with Crippen LogP contribution in [0, 0.1) is 0 Å². The molecule has 0 bridgehead atoms. The van der Waals surface area contributed by atoms with Gasteiger partial charge in [0.05, 0.1) is 10.4 Å². The van der Waals surface area contributed by atoms with Crippen LogP contribution in [0.3, 0.4) is 0 Å². The highest BCUT2D eigenvalue weighted by Gasteiger charge is 2.17. The third-order valence-corrected chi connectivity index (χ3v) is 6.72. The zero-order valence-corrected chi connectivity index (χ0v) is 17.8. The van der Waals surface area contributed by atoms with E-state index < -0.39 is 15.8 Å². The molecule has 5 rings (SSSR count). The summed E-state index contributed by atoms with van der Waals surface area (Å²) in [5, 5.41) is 1.66. The van der Waals surface area contributed by atoms with E-state index in [4.69, 9.17) is 16.0 Å². The molecule has 0 spiro atoms.